The molecule has 5 heteroatoms. The van der Waals surface area contributed by atoms with Crippen molar-refractivity contribution < 1.29 is 0 Å². The van der Waals surface area contributed by atoms with Crippen molar-refractivity contribution in [1.29, 1.82) is 0 Å². The number of hydrogen-bond acceptors (Lipinski definition) is 3. The van der Waals surface area contributed by atoms with Crippen molar-refractivity contribution in [1.82, 2.24) is 4.90 Å². The number of halogens is 2. The number of nitrogens with zero attached hydrogens (tertiary/aromatic N) is 1. The Bertz CT molecular complexity index is 450. The number of likely N-dealkylation sites (tertiary alicyclic amines) is 1. The van der Waals surface area contributed by atoms with E-state index in [0.717, 1.165) is 27.8 Å². The highest BCUT2D eigenvalue weighted by atomic mass is 79.9. The van der Waals surface area contributed by atoms with Crippen molar-refractivity contribution in [3.63, 3.8) is 0 Å². The molecule has 1 saturated heterocycles. The Morgan fingerprint density at radius 3 is 2.67 bits per heavy atom. The van der Waals surface area contributed by atoms with Gasteiger partial charge in [-0.3, -0.25) is 4.90 Å². The zero-order chi connectivity index (χ0) is 15.6. The van der Waals surface area contributed by atoms with E-state index in [1.54, 1.807) is 11.3 Å². The van der Waals surface area contributed by atoms with E-state index in [1.165, 1.54) is 24.1 Å². The maximum atomic E-state index is 6.20. The molecule has 1 aliphatic rings. The minimum absolute atomic E-state index is 0.303. The number of thiophene rings is 1. The van der Waals surface area contributed by atoms with Crippen LogP contribution in [0.15, 0.2) is 10.5 Å². The van der Waals surface area contributed by atoms with E-state index in [4.69, 9.17) is 17.3 Å². The van der Waals surface area contributed by atoms with Gasteiger partial charge < -0.3 is 5.73 Å². The van der Waals surface area contributed by atoms with Crippen molar-refractivity contribution in [3.8, 4) is 0 Å². The molecule has 0 radical (unpaired) electrons. The van der Waals surface area contributed by atoms with Crippen LogP contribution < -0.4 is 5.73 Å². The van der Waals surface area contributed by atoms with Gasteiger partial charge in [0, 0.05) is 15.9 Å². The Labute approximate surface area is 146 Å². The SMILES string of the molecule is CC(C)(C)C1CCCN(C(CN)c2cc(Br)c(Cl)s2)CC1. The predicted molar refractivity (Wildman–Crippen MR) is 97.2 cm³/mol. The Kier molecular flexibility index (Phi) is 6.17. The largest absolute Gasteiger partial charge is 0.329 e. The van der Waals surface area contributed by atoms with Gasteiger partial charge >= 0.3 is 0 Å². The van der Waals surface area contributed by atoms with Crippen LogP contribution in [0.2, 0.25) is 4.34 Å². The molecule has 2 rings (SSSR count). The van der Waals surface area contributed by atoms with Crippen LogP contribution in [-0.2, 0) is 0 Å². The average Bonchev–Trinajstić information content (AvgIpc) is 2.63. The van der Waals surface area contributed by atoms with Gasteiger partial charge in [0.05, 0.1) is 6.04 Å². The summed E-state index contributed by atoms with van der Waals surface area (Å²) in [5, 5.41) is 0. The van der Waals surface area contributed by atoms with Gasteiger partial charge in [-0.25, -0.2) is 0 Å². The van der Waals surface area contributed by atoms with E-state index in [1.807, 2.05) is 0 Å². The molecular formula is C16H26BrClN2S. The highest BCUT2D eigenvalue weighted by molar-refractivity contribution is 9.10. The molecule has 0 bridgehead atoms. The van der Waals surface area contributed by atoms with Crippen LogP contribution in [-0.4, -0.2) is 24.5 Å². The first kappa shape index (κ1) is 17.7. The molecule has 0 aromatic carbocycles. The van der Waals surface area contributed by atoms with Crippen LogP contribution in [0, 0.1) is 11.3 Å². The fraction of sp³-hybridized carbons (Fsp3) is 0.750. The third kappa shape index (κ3) is 4.44. The Hall–Kier alpha value is 0.390. The molecule has 1 aromatic heterocycles. The van der Waals surface area contributed by atoms with Gasteiger partial charge in [0.1, 0.15) is 4.34 Å². The van der Waals surface area contributed by atoms with Crippen molar-refractivity contribution in [2.45, 2.75) is 46.1 Å². The van der Waals surface area contributed by atoms with Crippen molar-refractivity contribution in [2.24, 2.45) is 17.1 Å². The summed E-state index contributed by atoms with van der Waals surface area (Å²) >= 11 is 11.4. The Morgan fingerprint density at radius 1 is 1.43 bits per heavy atom. The third-order valence-electron chi connectivity index (χ3n) is 4.64. The molecule has 1 aromatic rings. The molecule has 120 valence electrons. The molecule has 2 N–H and O–H groups in total. The maximum absolute atomic E-state index is 6.20. The van der Waals surface area contributed by atoms with Gasteiger partial charge in [-0.2, -0.15) is 0 Å². The van der Waals surface area contributed by atoms with Crippen molar-refractivity contribution in [3.05, 3.63) is 19.8 Å². The summed E-state index contributed by atoms with van der Waals surface area (Å²) in [7, 11) is 0. The van der Waals surface area contributed by atoms with Crippen LogP contribution in [0.4, 0.5) is 0 Å². The average molecular weight is 394 g/mol. The zero-order valence-corrected chi connectivity index (χ0v) is 16.3. The summed E-state index contributed by atoms with van der Waals surface area (Å²) in [6, 6.07) is 2.44. The molecule has 1 fully saturated rings. The molecule has 0 amide bonds. The van der Waals surface area contributed by atoms with Crippen molar-refractivity contribution in [2.75, 3.05) is 19.6 Å². The molecule has 2 unspecified atom stereocenters. The van der Waals surface area contributed by atoms with Crippen LogP contribution in [0.3, 0.4) is 0 Å². The normalized spacial score (nSPS) is 23.0. The fourth-order valence-electron chi connectivity index (χ4n) is 3.27. The van der Waals surface area contributed by atoms with Gasteiger partial charge in [-0.05, 0) is 65.7 Å². The first-order valence-corrected chi connectivity index (χ1v) is 9.70. The second-order valence-electron chi connectivity index (χ2n) is 7.05. The van der Waals surface area contributed by atoms with E-state index in [9.17, 15) is 0 Å². The van der Waals surface area contributed by atoms with Gasteiger partial charge in [-0.1, -0.05) is 32.4 Å². The van der Waals surface area contributed by atoms with Crippen molar-refractivity contribution >= 4 is 38.9 Å². The third-order valence-corrected chi connectivity index (χ3v) is 7.22. The summed E-state index contributed by atoms with van der Waals surface area (Å²) in [5.41, 5.74) is 6.48. The predicted octanol–water partition coefficient (Wildman–Crippen LogP) is 5.31. The topological polar surface area (TPSA) is 29.3 Å². The van der Waals surface area contributed by atoms with E-state index < -0.39 is 0 Å². The van der Waals surface area contributed by atoms with E-state index in [-0.39, 0.29) is 0 Å². The van der Waals surface area contributed by atoms with Gasteiger partial charge in [0.2, 0.25) is 0 Å². The summed E-state index contributed by atoms with van der Waals surface area (Å²) in [4.78, 5) is 3.84. The summed E-state index contributed by atoms with van der Waals surface area (Å²) in [6.45, 7) is 10.0. The minimum Gasteiger partial charge on any atom is -0.329 e. The minimum atomic E-state index is 0.303. The number of rotatable bonds is 3. The highest BCUT2D eigenvalue weighted by Crippen LogP contribution is 2.39. The second kappa shape index (κ2) is 7.31. The first-order valence-electron chi connectivity index (χ1n) is 7.71. The molecule has 21 heavy (non-hydrogen) atoms. The maximum Gasteiger partial charge on any atom is 0.107 e. The first-order chi connectivity index (χ1) is 9.82. The Morgan fingerprint density at radius 2 is 2.14 bits per heavy atom. The Balaban J connectivity index is 2.09. The highest BCUT2D eigenvalue weighted by Gasteiger charge is 2.30. The lowest BCUT2D eigenvalue weighted by Gasteiger charge is -2.31. The summed E-state index contributed by atoms with van der Waals surface area (Å²) < 4.78 is 1.82. The smallest absolute Gasteiger partial charge is 0.107 e. The summed E-state index contributed by atoms with van der Waals surface area (Å²) in [6.07, 6.45) is 3.85. The van der Waals surface area contributed by atoms with Gasteiger partial charge in [0.25, 0.3) is 0 Å². The van der Waals surface area contributed by atoms with Gasteiger partial charge in [-0.15, -0.1) is 11.3 Å². The van der Waals surface area contributed by atoms with E-state index >= 15 is 0 Å². The molecule has 0 saturated carbocycles. The van der Waals surface area contributed by atoms with Crippen LogP contribution in [0.1, 0.15) is 51.0 Å². The summed E-state index contributed by atoms with van der Waals surface area (Å²) in [5.74, 6) is 0.805. The van der Waals surface area contributed by atoms with Crippen LogP contribution in [0.5, 0.6) is 0 Å². The molecule has 2 heterocycles. The molecule has 1 aliphatic heterocycles. The molecular weight excluding hydrogens is 368 g/mol. The number of hydrogen-bond donors (Lipinski definition) is 1. The number of nitrogens with two attached hydrogens (primary N) is 1. The monoisotopic (exact) mass is 392 g/mol. The lowest BCUT2D eigenvalue weighted by atomic mass is 9.77. The second-order valence-corrected chi connectivity index (χ2v) is 9.59. The molecule has 2 atom stereocenters. The molecule has 0 aliphatic carbocycles. The molecule has 0 spiro atoms. The van der Waals surface area contributed by atoms with Crippen LogP contribution >= 0.6 is 38.9 Å². The van der Waals surface area contributed by atoms with Crippen LogP contribution in [0.25, 0.3) is 0 Å². The van der Waals surface area contributed by atoms with E-state index in [2.05, 4.69) is 47.7 Å². The lowest BCUT2D eigenvalue weighted by Crippen LogP contribution is -2.34. The van der Waals surface area contributed by atoms with Gasteiger partial charge in [0.15, 0.2) is 0 Å². The standard InChI is InChI=1S/C16H26BrClN2S/c1-16(2,3)11-5-4-7-20(8-6-11)13(10-19)14-9-12(17)15(18)21-14/h9,11,13H,4-8,10,19H2,1-3H3. The fourth-order valence-corrected chi connectivity index (χ4v) is 5.15. The molecule has 2 nitrogen and oxygen atoms in total. The van der Waals surface area contributed by atoms with E-state index in [0.29, 0.717) is 18.0 Å². The zero-order valence-electron chi connectivity index (χ0n) is 13.2. The quantitative estimate of drug-likeness (QED) is 0.753. The lowest BCUT2D eigenvalue weighted by molar-refractivity contribution is 0.186.